The van der Waals surface area contributed by atoms with E-state index in [0.29, 0.717) is 17.8 Å². The summed E-state index contributed by atoms with van der Waals surface area (Å²) in [5, 5.41) is 10.3. The van der Waals surface area contributed by atoms with Crippen LogP contribution < -0.4 is 0 Å². The van der Waals surface area contributed by atoms with Gasteiger partial charge < -0.3 is 15.0 Å². The predicted molar refractivity (Wildman–Crippen MR) is 155 cm³/mol. The lowest BCUT2D eigenvalue weighted by Gasteiger charge is -2.35. The van der Waals surface area contributed by atoms with Gasteiger partial charge in [0.05, 0.1) is 0 Å². The monoisotopic (exact) mass is 526 g/mol. The van der Waals surface area contributed by atoms with Crippen molar-refractivity contribution in [1.82, 2.24) is 19.8 Å². The fourth-order valence-corrected chi connectivity index (χ4v) is 7.54. The normalized spacial score (nSPS) is 24.6. The molecule has 1 aromatic heterocycles. The number of piperidine rings is 1. The molecule has 0 radical (unpaired) electrons. The number of rotatable bonds is 8. The minimum atomic E-state index is -0.621. The van der Waals surface area contributed by atoms with E-state index in [2.05, 4.69) is 74.4 Å². The van der Waals surface area contributed by atoms with E-state index in [1.807, 2.05) is 12.3 Å². The van der Waals surface area contributed by atoms with Gasteiger partial charge in [0.2, 0.25) is 0 Å². The van der Waals surface area contributed by atoms with Crippen LogP contribution in [0.2, 0.25) is 0 Å². The highest BCUT2D eigenvalue weighted by Gasteiger charge is 2.43. The van der Waals surface area contributed by atoms with Crippen LogP contribution >= 0.6 is 0 Å². The summed E-state index contributed by atoms with van der Waals surface area (Å²) in [6.07, 6.45) is 9.99. The molecule has 6 heteroatoms. The number of carbonyl (C=O) groups is 1. The Bertz CT molecular complexity index is 1200. The number of aromatic nitrogens is 2. The molecule has 39 heavy (non-hydrogen) atoms. The average molecular weight is 527 g/mol. The first-order valence-electron chi connectivity index (χ1n) is 15.0. The van der Waals surface area contributed by atoms with E-state index in [0.717, 1.165) is 69.8 Å². The number of carboxylic acid groups (broad SMARTS) is 1. The lowest BCUT2D eigenvalue weighted by molar-refractivity contribution is -0.145. The van der Waals surface area contributed by atoms with E-state index in [-0.39, 0.29) is 12.0 Å². The van der Waals surface area contributed by atoms with E-state index < -0.39 is 5.97 Å². The zero-order valence-corrected chi connectivity index (χ0v) is 22.9. The number of nitrogens with one attached hydrogen (secondary N) is 1. The maximum atomic E-state index is 12.5. The fraction of sp³-hybridized carbons (Fsp3) is 0.515. The molecule has 1 aliphatic carbocycles. The number of likely N-dealkylation sites (tertiary alicyclic amines) is 2. The first kappa shape index (κ1) is 26.3. The van der Waals surface area contributed by atoms with Gasteiger partial charge in [0.25, 0.3) is 0 Å². The Morgan fingerprint density at radius 1 is 0.923 bits per heavy atom. The number of aromatic amines is 1. The van der Waals surface area contributed by atoms with E-state index >= 15 is 0 Å². The number of benzene rings is 2. The number of hydrogen-bond acceptors (Lipinski definition) is 4. The van der Waals surface area contributed by atoms with E-state index in [1.165, 1.54) is 30.5 Å². The Morgan fingerprint density at radius 3 is 2.31 bits per heavy atom. The molecule has 0 bridgehead atoms. The van der Waals surface area contributed by atoms with E-state index in [9.17, 15) is 9.90 Å². The summed E-state index contributed by atoms with van der Waals surface area (Å²) in [5.74, 6) is 1.97. The van der Waals surface area contributed by atoms with Gasteiger partial charge in [-0.15, -0.1) is 0 Å². The van der Waals surface area contributed by atoms with Gasteiger partial charge in [-0.3, -0.25) is 9.69 Å². The second kappa shape index (κ2) is 12.1. The number of carboxylic acids is 1. The van der Waals surface area contributed by atoms with Crippen LogP contribution in [0.5, 0.6) is 0 Å². The highest BCUT2D eigenvalue weighted by Crippen LogP contribution is 2.39. The summed E-state index contributed by atoms with van der Waals surface area (Å²) in [5.41, 5.74) is 3.74. The molecule has 206 valence electrons. The third-order valence-electron chi connectivity index (χ3n) is 9.60. The number of hydrogen-bond donors (Lipinski definition) is 2. The van der Waals surface area contributed by atoms with Gasteiger partial charge >= 0.3 is 5.97 Å². The molecule has 2 aliphatic heterocycles. The van der Waals surface area contributed by atoms with Crippen LogP contribution in [0.4, 0.5) is 0 Å². The molecular formula is C33H42N4O2. The smallest absolute Gasteiger partial charge is 0.321 e. The van der Waals surface area contributed by atoms with Crippen molar-refractivity contribution in [2.45, 2.75) is 62.8 Å². The second-order valence-corrected chi connectivity index (χ2v) is 12.0. The Hall–Kier alpha value is -2.96. The first-order chi connectivity index (χ1) is 19.2. The Morgan fingerprint density at radius 2 is 1.62 bits per heavy atom. The molecule has 2 N–H and O–H groups in total. The van der Waals surface area contributed by atoms with Gasteiger partial charge in [0.15, 0.2) is 0 Å². The van der Waals surface area contributed by atoms with Crippen LogP contribution in [0, 0.1) is 11.8 Å². The van der Waals surface area contributed by atoms with E-state index in [1.54, 1.807) is 0 Å². The van der Waals surface area contributed by atoms with Gasteiger partial charge in [-0.25, -0.2) is 4.98 Å². The molecule has 1 saturated carbocycles. The van der Waals surface area contributed by atoms with Crippen LogP contribution in [0.1, 0.15) is 68.0 Å². The SMILES string of the molecule is O=C(O)[C@@H](C1CCCCC1)N1C[C@H](CN2CCC(c3cnc(-c4ccccc4)[nH]3)CC2)[C@@H](c2ccccc2)C1. The van der Waals surface area contributed by atoms with Crippen molar-refractivity contribution in [3.8, 4) is 11.4 Å². The van der Waals surface area contributed by atoms with Crippen molar-refractivity contribution in [3.05, 3.63) is 78.1 Å². The molecule has 3 atom stereocenters. The molecule has 0 spiro atoms. The molecule has 6 nitrogen and oxygen atoms in total. The van der Waals surface area contributed by atoms with Crippen LogP contribution in [-0.4, -0.2) is 69.6 Å². The summed E-state index contributed by atoms with van der Waals surface area (Å²) < 4.78 is 0. The van der Waals surface area contributed by atoms with Crippen molar-refractivity contribution in [2.24, 2.45) is 11.8 Å². The van der Waals surface area contributed by atoms with Crippen LogP contribution in [0.3, 0.4) is 0 Å². The highest BCUT2D eigenvalue weighted by molar-refractivity contribution is 5.74. The second-order valence-electron chi connectivity index (χ2n) is 12.0. The molecule has 3 fully saturated rings. The van der Waals surface area contributed by atoms with Crippen LogP contribution in [-0.2, 0) is 4.79 Å². The minimum absolute atomic E-state index is 0.289. The number of imidazole rings is 1. The Labute approximate surface area is 232 Å². The topological polar surface area (TPSA) is 72.5 Å². The lowest BCUT2D eigenvalue weighted by atomic mass is 9.83. The molecular weight excluding hydrogens is 484 g/mol. The fourth-order valence-electron chi connectivity index (χ4n) is 7.54. The molecule has 2 saturated heterocycles. The average Bonchev–Trinajstić information content (AvgIpc) is 3.63. The number of nitrogens with zero attached hydrogens (tertiary/aromatic N) is 3. The molecule has 0 unspecified atom stereocenters. The van der Waals surface area contributed by atoms with Gasteiger partial charge in [0, 0.05) is 48.9 Å². The first-order valence-corrected chi connectivity index (χ1v) is 15.0. The number of H-pyrrole nitrogens is 1. The maximum absolute atomic E-state index is 12.5. The van der Waals surface area contributed by atoms with Crippen molar-refractivity contribution in [2.75, 3.05) is 32.7 Å². The molecule has 3 aromatic rings. The molecule has 2 aromatic carbocycles. The third-order valence-corrected chi connectivity index (χ3v) is 9.60. The third kappa shape index (κ3) is 5.97. The van der Waals surface area contributed by atoms with Gasteiger partial charge in [-0.2, -0.15) is 0 Å². The van der Waals surface area contributed by atoms with Crippen molar-refractivity contribution >= 4 is 5.97 Å². The summed E-state index contributed by atoms with van der Waals surface area (Å²) in [7, 11) is 0. The van der Waals surface area contributed by atoms with Gasteiger partial charge in [0.1, 0.15) is 11.9 Å². The molecule has 3 heterocycles. The van der Waals surface area contributed by atoms with Gasteiger partial charge in [-0.05, 0) is 56.2 Å². The van der Waals surface area contributed by atoms with Crippen LogP contribution in [0.25, 0.3) is 11.4 Å². The minimum Gasteiger partial charge on any atom is -0.480 e. The van der Waals surface area contributed by atoms with E-state index in [4.69, 9.17) is 0 Å². The molecule has 3 aliphatic rings. The molecule has 0 amide bonds. The Kier molecular flexibility index (Phi) is 8.12. The van der Waals surface area contributed by atoms with Crippen LogP contribution in [0.15, 0.2) is 66.9 Å². The van der Waals surface area contributed by atoms with Crippen molar-refractivity contribution in [1.29, 1.82) is 0 Å². The lowest BCUT2D eigenvalue weighted by Crippen LogP contribution is -2.46. The van der Waals surface area contributed by atoms with Gasteiger partial charge in [-0.1, -0.05) is 79.9 Å². The zero-order chi connectivity index (χ0) is 26.6. The van der Waals surface area contributed by atoms with Crippen molar-refractivity contribution in [3.63, 3.8) is 0 Å². The standard InChI is InChI=1S/C33H42N4O2/c38-33(39)31(26-12-6-2-7-13-26)37-22-28(29(23-37)24-10-4-1-5-11-24)21-36-18-16-25(17-19-36)30-20-34-32(35-30)27-14-8-3-9-15-27/h1,3-5,8-11,14-15,20,25-26,28-29,31H,2,6-7,12-13,16-19,21-23H2,(H,34,35)(H,38,39)/t28-,29+,31+/m0/s1. The highest BCUT2D eigenvalue weighted by atomic mass is 16.4. The largest absolute Gasteiger partial charge is 0.480 e. The summed E-state index contributed by atoms with van der Waals surface area (Å²) in [6.45, 7) is 4.93. The zero-order valence-electron chi connectivity index (χ0n) is 22.9. The summed E-state index contributed by atoms with van der Waals surface area (Å²) in [6, 6.07) is 20.8. The number of aliphatic carboxylic acids is 1. The summed E-state index contributed by atoms with van der Waals surface area (Å²) >= 11 is 0. The Balaban J connectivity index is 1.12. The summed E-state index contributed by atoms with van der Waals surface area (Å²) in [4.78, 5) is 25.7. The molecule has 6 rings (SSSR count). The predicted octanol–water partition coefficient (Wildman–Crippen LogP) is 6.01. The quantitative estimate of drug-likeness (QED) is 0.376. The van der Waals surface area contributed by atoms with Crippen molar-refractivity contribution < 1.29 is 9.90 Å². The maximum Gasteiger partial charge on any atom is 0.321 e.